The van der Waals surface area contributed by atoms with Crippen molar-refractivity contribution in [2.24, 2.45) is 22.7 Å². The van der Waals surface area contributed by atoms with Crippen molar-refractivity contribution >= 4 is 17.5 Å². The van der Waals surface area contributed by atoms with Gasteiger partial charge in [-0.2, -0.15) is 5.26 Å². The van der Waals surface area contributed by atoms with Crippen molar-refractivity contribution in [1.29, 1.82) is 5.26 Å². The molecule has 1 aliphatic carbocycles. The van der Waals surface area contributed by atoms with E-state index in [9.17, 15) is 4.79 Å². The minimum Gasteiger partial charge on any atom is -0.461 e. The third-order valence-electron chi connectivity index (χ3n) is 6.03. The number of esters is 1. The van der Waals surface area contributed by atoms with E-state index in [-0.39, 0.29) is 18.6 Å². The van der Waals surface area contributed by atoms with Crippen LogP contribution in [0.15, 0.2) is 23.2 Å². The normalized spacial score (nSPS) is 22.3. The molecule has 158 valence electrons. The molecule has 5 nitrogen and oxygen atoms in total. The lowest BCUT2D eigenvalue weighted by Crippen LogP contribution is -2.41. The van der Waals surface area contributed by atoms with E-state index in [1.54, 1.807) is 13.1 Å². The van der Waals surface area contributed by atoms with E-state index in [0.717, 1.165) is 29.9 Å². The number of aryl methyl sites for hydroxylation is 1. The highest BCUT2D eigenvalue weighted by Gasteiger charge is 2.34. The Balaban J connectivity index is 2.23. The van der Waals surface area contributed by atoms with Crippen molar-refractivity contribution in [3.63, 3.8) is 0 Å². The molecule has 1 aromatic rings. The summed E-state index contributed by atoms with van der Waals surface area (Å²) < 4.78 is 6.02. The Labute approximate surface area is 175 Å². The molecule has 1 saturated carbocycles. The number of nitriles is 1. The van der Waals surface area contributed by atoms with Crippen molar-refractivity contribution in [2.45, 2.75) is 66.4 Å². The fraction of sp³-hybridized carbons (Fsp3) is 0.625. The second-order valence-electron chi connectivity index (χ2n) is 8.55. The first-order chi connectivity index (χ1) is 13.8. The van der Waals surface area contributed by atoms with E-state index >= 15 is 0 Å². The molecular formula is C24H35N3O2. The van der Waals surface area contributed by atoms with Crippen LogP contribution in [0, 0.1) is 36.0 Å². The Morgan fingerprint density at radius 2 is 2.10 bits per heavy atom. The van der Waals surface area contributed by atoms with Crippen molar-refractivity contribution in [1.82, 2.24) is 0 Å². The fourth-order valence-electron chi connectivity index (χ4n) is 4.40. The minimum absolute atomic E-state index is 0.0150. The summed E-state index contributed by atoms with van der Waals surface area (Å²) in [7, 11) is 1.74. The second kappa shape index (κ2) is 10.4. The van der Waals surface area contributed by atoms with Gasteiger partial charge in [0.25, 0.3) is 0 Å². The van der Waals surface area contributed by atoms with Crippen LogP contribution in [0.5, 0.6) is 0 Å². The van der Waals surface area contributed by atoms with Crippen LogP contribution in [0.3, 0.4) is 0 Å². The average molecular weight is 398 g/mol. The largest absolute Gasteiger partial charge is 0.461 e. The summed E-state index contributed by atoms with van der Waals surface area (Å²) >= 11 is 0. The molecule has 2 rings (SSSR count). The highest BCUT2D eigenvalue weighted by Crippen LogP contribution is 2.35. The van der Waals surface area contributed by atoms with Crippen LogP contribution in [0.2, 0.25) is 0 Å². The first kappa shape index (κ1) is 22.9. The van der Waals surface area contributed by atoms with Gasteiger partial charge in [0, 0.05) is 19.2 Å². The molecule has 29 heavy (non-hydrogen) atoms. The van der Waals surface area contributed by atoms with Crippen LogP contribution in [-0.2, 0) is 9.53 Å². The lowest BCUT2D eigenvalue weighted by Gasteiger charge is -2.37. The lowest BCUT2D eigenvalue weighted by atomic mass is 9.75. The molecule has 1 aromatic carbocycles. The van der Waals surface area contributed by atoms with Gasteiger partial charge in [-0.3, -0.25) is 9.79 Å². The maximum absolute atomic E-state index is 13.0. The van der Waals surface area contributed by atoms with Crippen molar-refractivity contribution in [2.75, 3.05) is 18.5 Å². The summed E-state index contributed by atoms with van der Waals surface area (Å²) in [5.74, 6) is 2.12. The molecule has 0 spiro atoms. The molecule has 0 bridgehead atoms. The molecule has 0 saturated heterocycles. The summed E-state index contributed by atoms with van der Waals surface area (Å²) in [5.41, 5.74) is 2.44. The molecule has 5 heteroatoms. The summed E-state index contributed by atoms with van der Waals surface area (Å²) in [6, 6.07) is 7.68. The van der Waals surface area contributed by atoms with E-state index in [4.69, 9.17) is 10.00 Å². The predicted octanol–water partition coefficient (Wildman–Crippen LogP) is 5.12. The molecule has 0 amide bonds. The van der Waals surface area contributed by atoms with Crippen LogP contribution >= 0.6 is 0 Å². The number of carbonyl (C=O) groups is 1. The Morgan fingerprint density at radius 3 is 2.66 bits per heavy atom. The third kappa shape index (κ3) is 5.82. The van der Waals surface area contributed by atoms with Crippen molar-refractivity contribution in [3.8, 4) is 6.07 Å². The van der Waals surface area contributed by atoms with Gasteiger partial charge >= 0.3 is 5.97 Å². The number of aliphatic imine (C=N–C) groups is 1. The number of benzene rings is 1. The molecule has 0 unspecified atom stereocenters. The van der Waals surface area contributed by atoms with Crippen molar-refractivity contribution < 1.29 is 9.53 Å². The fourth-order valence-corrected chi connectivity index (χ4v) is 4.40. The van der Waals surface area contributed by atoms with Crippen LogP contribution in [0.4, 0.5) is 5.69 Å². The van der Waals surface area contributed by atoms with Gasteiger partial charge in [-0.1, -0.05) is 34.1 Å². The van der Waals surface area contributed by atoms with Gasteiger partial charge < -0.3 is 9.64 Å². The molecule has 3 atom stereocenters. The van der Waals surface area contributed by atoms with Crippen LogP contribution < -0.4 is 4.90 Å². The SMILES string of the molecule is CCC(=NC)N(CC(=O)O[C@@H]1C[C@H](C)CC[C@H]1C(C)C)c1ccc(C#N)cc1C. The third-order valence-corrected chi connectivity index (χ3v) is 6.03. The quantitative estimate of drug-likeness (QED) is 0.380. The summed E-state index contributed by atoms with van der Waals surface area (Å²) in [6.07, 6.45) is 3.95. The molecule has 1 fully saturated rings. The molecule has 0 aliphatic heterocycles. The van der Waals surface area contributed by atoms with Gasteiger partial charge in [-0.15, -0.1) is 0 Å². The van der Waals surface area contributed by atoms with E-state index in [0.29, 0.717) is 29.7 Å². The maximum atomic E-state index is 13.0. The number of carbonyl (C=O) groups excluding carboxylic acids is 1. The van der Waals surface area contributed by atoms with E-state index < -0.39 is 0 Å². The van der Waals surface area contributed by atoms with Gasteiger partial charge in [0.15, 0.2) is 0 Å². The maximum Gasteiger partial charge on any atom is 0.326 e. The lowest BCUT2D eigenvalue weighted by molar-refractivity contribution is -0.154. The zero-order valence-corrected chi connectivity index (χ0v) is 18.7. The molecular weight excluding hydrogens is 362 g/mol. The number of amidine groups is 1. The zero-order chi connectivity index (χ0) is 21.6. The smallest absolute Gasteiger partial charge is 0.326 e. The highest BCUT2D eigenvalue weighted by atomic mass is 16.5. The summed E-state index contributed by atoms with van der Waals surface area (Å²) in [4.78, 5) is 19.3. The summed E-state index contributed by atoms with van der Waals surface area (Å²) in [5, 5.41) is 9.15. The molecule has 0 N–H and O–H groups in total. The van der Waals surface area contributed by atoms with Crippen LogP contribution in [0.1, 0.15) is 64.5 Å². The van der Waals surface area contributed by atoms with Gasteiger partial charge in [0.05, 0.1) is 11.6 Å². The van der Waals surface area contributed by atoms with Crippen LogP contribution in [-0.4, -0.2) is 31.5 Å². The topological polar surface area (TPSA) is 65.7 Å². The van der Waals surface area contributed by atoms with Crippen LogP contribution in [0.25, 0.3) is 0 Å². The number of hydrogen-bond acceptors (Lipinski definition) is 4. The van der Waals surface area contributed by atoms with Crippen molar-refractivity contribution in [3.05, 3.63) is 29.3 Å². The van der Waals surface area contributed by atoms with Gasteiger partial charge in [-0.25, -0.2) is 0 Å². The Bertz CT molecular complexity index is 779. The van der Waals surface area contributed by atoms with Gasteiger partial charge in [-0.05, 0) is 61.3 Å². The Morgan fingerprint density at radius 1 is 1.38 bits per heavy atom. The van der Waals surface area contributed by atoms with E-state index in [2.05, 4.69) is 31.8 Å². The Hall–Kier alpha value is -2.35. The predicted molar refractivity (Wildman–Crippen MR) is 118 cm³/mol. The summed E-state index contributed by atoms with van der Waals surface area (Å²) in [6.45, 7) is 10.8. The molecule has 0 radical (unpaired) electrons. The highest BCUT2D eigenvalue weighted by molar-refractivity contribution is 6.01. The first-order valence-corrected chi connectivity index (χ1v) is 10.7. The number of hydrogen-bond donors (Lipinski definition) is 0. The molecule has 0 aromatic heterocycles. The first-order valence-electron chi connectivity index (χ1n) is 10.7. The van der Waals surface area contributed by atoms with E-state index in [1.807, 2.05) is 30.9 Å². The van der Waals surface area contributed by atoms with Gasteiger partial charge in [0.2, 0.25) is 0 Å². The number of ether oxygens (including phenoxy) is 1. The zero-order valence-electron chi connectivity index (χ0n) is 18.7. The Kier molecular flexibility index (Phi) is 8.25. The number of anilines is 1. The second-order valence-corrected chi connectivity index (χ2v) is 8.55. The minimum atomic E-state index is -0.215. The average Bonchev–Trinajstić information content (AvgIpc) is 2.67. The van der Waals surface area contributed by atoms with Gasteiger partial charge in [0.1, 0.15) is 18.5 Å². The number of rotatable bonds is 6. The molecule has 0 heterocycles. The molecule has 1 aliphatic rings. The van der Waals surface area contributed by atoms with E-state index in [1.165, 1.54) is 6.42 Å². The number of nitrogens with zero attached hydrogens (tertiary/aromatic N) is 3. The standard InChI is InChI=1S/C24H35N3O2/c1-7-23(26-6)27(21-11-9-19(14-25)13-18(21)5)15-24(28)29-22-12-17(4)8-10-20(22)16(2)3/h9,11,13,16-17,20,22H,7-8,10,12,15H2,1-6H3/t17-,20+,22-/m1/s1. The monoisotopic (exact) mass is 397 g/mol.